The highest BCUT2D eigenvalue weighted by atomic mass is 32.2. The van der Waals surface area contributed by atoms with E-state index in [0.29, 0.717) is 19.4 Å². The third-order valence-electron chi connectivity index (χ3n) is 2.15. The highest BCUT2D eigenvalue weighted by Crippen LogP contribution is 2.06. The summed E-state index contributed by atoms with van der Waals surface area (Å²) in [5, 5.41) is 2.75. The largest absolute Gasteiger partial charge is 0.355 e. The van der Waals surface area contributed by atoms with Crippen molar-refractivity contribution in [2.75, 3.05) is 12.8 Å². The van der Waals surface area contributed by atoms with Crippen LogP contribution in [0, 0.1) is 0 Å². The molecular weight excluding hydrogens is 212 g/mol. The molecule has 1 amide bonds. The van der Waals surface area contributed by atoms with Crippen LogP contribution < -0.4 is 11.1 Å². The molecule has 0 saturated carbocycles. The van der Waals surface area contributed by atoms with Gasteiger partial charge in [-0.15, -0.1) is 0 Å². The summed E-state index contributed by atoms with van der Waals surface area (Å²) in [7, 11) is -0.887. The van der Waals surface area contributed by atoms with E-state index in [2.05, 4.69) is 5.32 Å². The van der Waals surface area contributed by atoms with Crippen molar-refractivity contribution >= 4 is 16.7 Å². The lowest BCUT2D eigenvalue weighted by Crippen LogP contribution is -2.36. The van der Waals surface area contributed by atoms with Crippen LogP contribution in [0.3, 0.4) is 0 Å². The van der Waals surface area contributed by atoms with Gasteiger partial charge in [0.05, 0.1) is 0 Å². The minimum Gasteiger partial charge on any atom is -0.355 e. The van der Waals surface area contributed by atoms with Gasteiger partial charge in [-0.2, -0.15) is 0 Å². The van der Waals surface area contributed by atoms with Gasteiger partial charge >= 0.3 is 0 Å². The van der Waals surface area contributed by atoms with Crippen LogP contribution in [0.1, 0.15) is 33.6 Å². The van der Waals surface area contributed by atoms with E-state index < -0.39 is 10.8 Å². The minimum atomic E-state index is -0.887. The molecule has 3 N–H and O–H groups in total. The first kappa shape index (κ1) is 14.6. The Bertz CT molecular complexity index is 236. The number of hydrogen-bond acceptors (Lipinski definition) is 3. The zero-order valence-electron chi connectivity index (χ0n) is 10.0. The zero-order valence-corrected chi connectivity index (χ0v) is 10.8. The molecule has 0 bridgehead atoms. The molecule has 0 aromatic heterocycles. The molecule has 5 heteroatoms. The van der Waals surface area contributed by atoms with Gasteiger partial charge in [-0.05, 0) is 27.2 Å². The third-order valence-corrected chi connectivity index (χ3v) is 3.45. The standard InChI is InChI=1S/C10H22N2O2S/c1-8(15(4)14)7-12-9(13)5-6-10(2,3)11/h8H,5-7,11H2,1-4H3,(H,12,13). The number of carbonyl (C=O) groups excluding carboxylic acids is 1. The highest BCUT2D eigenvalue weighted by molar-refractivity contribution is 7.84. The smallest absolute Gasteiger partial charge is 0.220 e. The second kappa shape index (κ2) is 6.23. The summed E-state index contributed by atoms with van der Waals surface area (Å²) in [5.74, 6) is -0.0224. The molecule has 0 spiro atoms. The molecule has 2 atom stereocenters. The van der Waals surface area contributed by atoms with E-state index in [1.54, 1.807) is 6.26 Å². The van der Waals surface area contributed by atoms with Crippen LogP contribution in [0.25, 0.3) is 0 Å². The number of amides is 1. The molecule has 0 radical (unpaired) electrons. The van der Waals surface area contributed by atoms with Gasteiger partial charge < -0.3 is 11.1 Å². The van der Waals surface area contributed by atoms with Crippen LogP contribution in [-0.2, 0) is 15.6 Å². The number of nitrogens with one attached hydrogen (secondary N) is 1. The Hall–Kier alpha value is -0.420. The van der Waals surface area contributed by atoms with Crippen molar-refractivity contribution in [2.45, 2.75) is 44.4 Å². The second-order valence-electron chi connectivity index (χ2n) is 4.60. The van der Waals surface area contributed by atoms with Crippen LogP contribution in [0.5, 0.6) is 0 Å². The molecule has 4 nitrogen and oxygen atoms in total. The summed E-state index contributed by atoms with van der Waals surface area (Å²) in [5.41, 5.74) is 5.45. The van der Waals surface area contributed by atoms with Crippen molar-refractivity contribution in [3.05, 3.63) is 0 Å². The summed E-state index contributed by atoms with van der Waals surface area (Å²) in [6, 6.07) is 0. The van der Waals surface area contributed by atoms with E-state index >= 15 is 0 Å². The van der Waals surface area contributed by atoms with Crippen molar-refractivity contribution in [3.63, 3.8) is 0 Å². The molecule has 0 saturated heterocycles. The Morgan fingerprint density at radius 1 is 1.53 bits per heavy atom. The van der Waals surface area contributed by atoms with Gasteiger partial charge in [-0.1, -0.05) is 0 Å². The summed E-state index contributed by atoms with van der Waals surface area (Å²) >= 11 is 0. The lowest BCUT2D eigenvalue weighted by atomic mass is 10.00. The summed E-state index contributed by atoms with van der Waals surface area (Å²) in [6.45, 7) is 6.10. The highest BCUT2D eigenvalue weighted by Gasteiger charge is 2.14. The fourth-order valence-electron chi connectivity index (χ4n) is 0.899. The summed E-state index contributed by atoms with van der Waals surface area (Å²) in [4.78, 5) is 11.4. The van der Waals surface area contributed by atoms with Gasteiger partial charge in [0, 0.05) is 40.8 Å². The van der Waals surface area contributed by atoms with E-state index in [-0.39, 0.29) is 16.7 Å². The van der Waals surface area contributed by atoms with Gasteiger partial charge in [0.25, 0.3) is 0 Å². The fraction of sp³-hybridized carbons (Fsp3) is 0.900. The molecule has 0 aromatic carbocycles. The summed E-state index contributed by atoms with van der Waals surface area (Å²) in [6.07, 6.45) is 2.72. The monoisotopic (exact) mass is 234 g/mol. The third kappa shape index (κ3) is 8.57. The molecule has 15 heavy (non-hydrogen) atoms. The van der Waals surface area contributed by atoms with Gasteiger partial charge in [0.1, 0.15) is 0 Å². The van der Waals surface area contributed by atoms with Crippen molar-refractivity contribution < 1.29 is 9.00 Å². The fourth-order valence-corrected chi connectivity index (χ4v) is 1.22. The molecule has 0 rings (SSSR count). The molecule has 2 unspecified atom stereocenters. The first-order chi connectivity index (χ1) is 6.72. The van der Waals surface area contributed by atoms with Gasteiger partial charge in [0.2, 0.25) is 5.91 Å². The first-order valence-electron chi connectivity index (χ1n) is 5.10. The van der Waals surface area contributed by atoms with E-state index in [1.165, 1.54) is 0 Å². The second-order valence-corrected chi connectivity index (χ2v) is 6.40. The number of nitrogens with two attached hydrogens (primary N) is 1. The number of hydrogen-bond donors (Lipinski definition) is 2. The lowest BCUT2D eigenvalue weighted by molar-refractivity contribution is -0.121. The van der Waals surface area contributed by atoms with Crippen LogP contribution in [0.4, 0.5) is 0 Å². The van der Waals surface area contributed by atoms with Gasteiger partial charge in [0.15, 0.2) is 0 Å². The minimum absolute atomic E-state index is 0.000151. The SMILES string of the molecule is CC(CNC(=O)CCC(C)(C)N)S(C)=O. The molecule has 0 aliphatic rings. The molecule has 0 aromatic rings. The van der Waals surface area contributed by atoms with E-state index in [4.69, 9.17) is 5.73 Å². The maximum Gasteiger partial charge on any atom is 0.220 e. The molecular formula is C10H22N2O2S. The Morgan fingerprint density at radius 2 is 2.07 bits per heavy atom. The topological polar surface area (TPSA) is 72.2 Å². The van der Waals surface area contributed by atoms with Crippen LogP contribution in [0.15, 0.2) is 0 Å². The van der Waals surface area contributed by atoms with Crippen LogP contribution in [0.2, 0.25) is 0 Å². The molecule has 0 heterocycles. The van der Waals surface area contributed by atoms with Gasteiger partial charge in [-0.3, -0.25) is 9.00 Å². The van der Waals surface area contributed by atoms with Gasteiger partial charge in [-0.25, -0.2) is 0 Å². The van der Waals surface area contributed by atoms with Crippen molar-refractivity contribution in [1.29, 1.82) is 0 Å². The predicted molar refractivity (Wildman–Crippen MR) is 64.0 cm³/mol. The molecule has 90 valence electrons. The zero-order chi connectivity index (χ0) is 12.1. The van der Waals surface area contributed by atoms with Crippen LogP contribution >= 0.6 is 0 Å². The van der Waals surface area contributed by atoms with Crippen molar-refractivity contribution in [1.82, 2.24) is 5.32 Å². The van der Waals surface area contributed by atoms with E-state index in [9.17, 15) is 9.00 Å². The Morgan fingerprint density at radius 3 is 2.47 bits per heavy atom. The maximum atomic E-state index is 11.4. The van der Waals surface area contributed by atoms with E-state index in [0.717, 1.165) is 0 Å². The number of rotatable bonds is 6. The van der Waals surface area contributed by atoms with E-state index in [1.807, 2.05) is 20.8 Å². The Balaban J connectivity index is 3.72. The molecule has 0 aliphatic carbocycles. The normalized spacial score (nSPS) is 15.8. The lowest BCUT2D eigenvalue weighted by Gasteiger charge is -2.18. The maximum absolute atomic E-state index is 11.4. The quantitative estimate of drug-likeness (QED) is 0.698. The Labute approximate surface area is 94.4 Å². The van der Waals surface area contributed by atoms with Crippen LogP contribution in [-0.4, -0.2) is 33.7 Å². The molecule has 0 fully saturated rings. The number of carbonyl (C=O) groups is 1. The first-order valence-corrected chi connectivity index (χ1v) is 6.72. The summed E-state index contributed by atoms with van der Waals surface area (Å²) < 4.78 is 11.0. The van der Waals surface area contributed by atoms with Crippen molar-refractivity contribution in [3.8, 4) is 0 Å². The Kier molecular flexibility index (Phi) is 6.05. The average molecular weight is 234 g/mol. The van der Waals surface area contributed by atoms with Crippen molar-refractivity contribution in [2.24, 2.45) is 5.73 Å². The predicted octanol–water partition coefficient (Wildman–Crippen LogP) is 0.387. The molecule has 0 aliphatic heterocycles. The average Bonchev–Trinajstić information content (AvgIpc) is 2.09.